The van der Waals surface area contributed by atoms with E-state index >= 15 is 0 Å². The fourth-order valence-corrected chi connectivity index (χ4v) is 2.79. The quantitative estimate of drug-likeness (QED) is 0.855. The van der Waals surface area contributed by atoms with Crippen molar-refractivity contribution < 1.29 is 5.11 Å². The summed E-state index contributed by atoms with van der Waals surface area (Å²) in [6, 6.07) is 6.75. The van der Waals surface area contributed by atoms with Gasteiger partial charge >= 0.3 is 0 Å². The van der Waals surface area contributed by atoms with Crippen molar-refractivity contribution in [1.29, 1.82) is 0 Å². The highest BCUT2D eigenvalue weighted by Crippen LogP contribution is 2.28. The summed E-state index contributed by atoms with van der Waals surface area (Å²) in [6.07, 6.45) is 4.32. The number of nitrogens with two attached hydrogens (primary N) is 1. The molecule has 0 bridgehead atoms. The first kappa shape index (κ1) is 14.4. The Hall–Kier alpha value is -1.06. The van der Waals surface area contributed by atoms with E-state index in [0.717, 1.165) is 25.9 Å². The van der Waals surface area contributed by atoms with E-state index in [9.17, 15) is 5.11 Å². The first-order valence-electron chi connectivity index (χ1n) is 7.26. The molecule has 1 atom stereocenters. The van der Waals surface area contributed by atoms with Gasteiger partial charge in [0, 0.05) is 24.3 Å². The highest BCUT2D eigenvalue weighted by molar-refractivity contribution is 5.56. The zero-order valence-corrected chi connectivity index (χ0v) is 12.2. The third kappa shape index (κ3) is 3.71. The molecule has 0 spiro atoms. The number of aryl methyl sites for hydroxylation is 2. The Balaban J connectivity index is 1.96. The Bertz CT molecular complexity index is 429. The van der Waals surface area contributed by atoms with Crippen LogP contribution in [0.5, 0.6) is 0 Å². The van der Waals surface area contributed by atoms with Gasteiger partial charge in [0.15, 0.2) is 0 Å². The lowest BCUT2D eigenvalue weighted by Crippen LogP contribution is -2.41. The second kappa shape index (κ2) is 5.93. The monoisotopic (exact) mass is 262 g/mol. The van der Waals surface area contributed by atoms with Gasteiger partial charge in [-0.1, -0.05) is 17.7 Å². The molecule has 0 radical (unpaired) electrons. The molecule has 1 unspecified atom stereocenters. The Kier molecular flexibility index (Phi) is 4.48. The summed E-state index contributed by atoms with van der Waals surface area (Å²) in [5, 5.41) is 9.18. The van der Waals surface area contributed by atoms with Crippen LogP contribution in [0.1, 0.15) is 37.3 Å². The predicted molar refractivity (Wildman–Crippen MR) is 80.6 cm³/mol. The van der Waals surface area contributed by atoms with Crippen LogP contribution >= 0.6 is 0 Å². The summed E-state index contributed by atoms with van der Waals surface area (Å²) in [7, 11) is 0. The zero-order chi connectivity index (χ0) is 13.9. The third-order valence-electron chi connectivity index (χ3n) is 3.99. The first-order valence-corrected chi connectivity index (χ1v) is 7.26. The van der Waals surface area contributed by atoms with Crippen LogP contribution < -0.4 is 10.6 Å². The second-order valence-electron chi connectivity index (χ2n) is 6.14. The van der Waals surface area contributed by atoms with Crippen molar-refractivity contribution in [3.63, 3.8) is 0 Å². The number of hydrogen-bond donors (Lipinski definition) is 2. The average Bonchev–Trinajstić information content (AvgIpc) is 2.38. The Morgan fingerprint density at radius 2 is 2.21 bits per heavy atom. The zero-order valence-electron chi connectivity index (χ0n) is 12.2. The standard InChI is InChI=1S/C16H26N2O/c1-13-6-7-15-14(11-13)5-3-9-18(15)10-4-8-16(2,17)12-19/h6-7,11,19H,3-5,8-10,12,17H2,1-2H3. The van der Waals surface area contributed by atoms with Crippen LogP contribution in [0.25, 0.3) is 0 Å². The van der Waals surface area contributed by atoms with E-state index in [4.69, 9.17) is 5.73 Å². The van der Waals surface area contributed by atoms with Crippen LogP contribution in [0.3, 0.4) is 0 Å². The van der Waals surface area contributed by atoms with Crippen LogP contribution in [0, 0.1) is 6.92 Å². The lowest BCUT2D eigenvalue weighted by molar-refractivity contribution is 0.198. The summed E-state index contributed by atoms with van der Waals surface area (Å²) in [4.78, 5) is 2.46. The predicted octanol–water partition coefficient (Wildman–Crippen LogP) is 2.24. The molecule has 1 aliphatic heterocycles. The molecule has 0 aromatic heterocycles. The summed E-state index contributed by atoms with van der Waals surface area (Å²) >= 11 is 0. The number of benzene rings is 1. The van der Waals surface area contributed by atoms with E-state index in [1.165, 1.54) is 29.7 Å². The largest absolute Gasteiger partial charge is 0.394 e. The molecule has 1 aliphatic rings. The average molecular weight is 262 g/mol. The van der Waals surface area contributed by atoms with Crippen molar-refractivity contribution in [3.05, 3.63) is 29.3 Å². The molecule has 1 aromatic carbocycles. The molecule has 0 aliphatic carbocycles. The molecule has 0 amide bonds. The molecule has 2 rings (SSSR count). The Morgan fingerprint density at radius 3 is 2.95 bits per heavy atom. The minimum Gasteiger partial charge on any atom is -0.394 e. The molecule has 3 heteroatoms. The van der Waals surface area contributed by atoms with Gasteiger partial charge in [0.25, 0.3) is 0 Å². The Labute approximate surface area is 116 Å². The van der Waals surface area contributed by atoms with Gasteiger partial charge in [-0.25, -0.2) is 0 Å². The van der Waals surface area contributed by atoms with Gasteiger partial charge < -0.3 is 15.7 Å². The van der Waals surface area contributed by atoms with E-state index in [1.807, 2.05) is 6.92 Å². The number of nitrogens with zero attached hydrogens (tertiary/aromatic N) is 1. The molecule has 3 N–H and O–H groups in total. The third-order valence-corrected chi connectivity index (χ3v) is 3.99. The highest BCUT2D eigenvalue weighted by atomic mass is 16.3. The maximum absolute atomic E-state index is 9.18. The molecule has 0 fully saturated rings. The molecule has 1 heterocycles. The van der Waals surface area contributed by atoms with E-state index in [2.05, 4.69) is 30.0 Å². The number of hydrogen-bond acceptors (Lipinski definition) is 3. The van der Waals surface area contributed by atoms with Crippen LogP contribution in [-0.2, 0) is 6.42 Å². The van der Waals surface area contributed by atoms with Crippen LogP contribution in [-0.4, -0.2) is 30.3 Å². The van der Waals surface area contributed by atoms with E-state index in [1.54, 1.807) is 0 Å². The van der Waals surface area contributed by atoms with E-state index in [0.29, 0.717) is 0 Å². The van der Waals surface area contributed by atoms with Crippen molar-refractivity contribution in [2.75, 3.05) is 24.6 Å². The number of aliphatic hydroxyl groups is 1. The second-order valence-corrected chi connectivity index (χ2v) is 6.14. The number of aliphatic hydroxyl groups excluding tert-OH is 1. The SMILES string of the molecule is Cc1ccc2c(c1)CCCN2CCCC(C)(N)CO. The number of anilines is 1. The molecule has 0 saturated carbocycles. The van der Waals surface area contributed by atoms with Gasteiger partial charge in [0.2, 0.25) is 0 Å². The Morgan fingerprint density at radius 1 is 1.42 bits per heavy atom. The molecule has 3 nitrogen and oxygen atoms in total. The molecule has 1 aromatic rings. The minimum atomic E-state index is -0.439. The maximum atomic E-state index is 9.18. The fourth-order valence-electron chi connectivity index (χ4n) is 2.79. The van der Waals surface area contributed by atoms with Gasteiger partial charge in [-0.2, -0.15) is 0 Å². The van der Waals surface area contributed by atoms with Gasteiger partial charge in [0.1, 0.15) is 0 Å². The summed E-state index contributed by atoms with van der Waals surface area (Å²) < 4.78 is 0. The molecular weight excluding hydrogens is 236 g/mol. The fraction of sp³-hybridized carbons (Fsp3) is 0.625. The van der Waals surface area contributed by atoms with Crippen molar-refractivity contribution in [1.82, 2.24) is 0 Å². The van der Waals surface area contributed by atoms with Crippen LogP contribution in [0.2, 0.25) is 0 Å². The van der Waals surface area contributed by atoms with E-state index in [-0.39, 0.29) is 6.61 Å². The summed E-state index contributed by atoms with van der Waals surface area (Å²) in [6.45, 7) is 6.29. The minimum absolute atomic E-state index is 0.0583. The van der Waals surface area contributed by atoms with Gasteiger partial charge in [-0.3, -0.25) is 0 Å². The normalized spacial score (nSPS) is 18.0. The number of fused-ring (bicyclic) bond motifs is 1. The maximum Gasteiger partial charge on any atom is 0.0608 e. The smallest absolute Gasteiger partial charge is 0.0608 e. The lowest BCUT2D eigenvalue weighted by Gasteiger charge is -2.32. The highest BCUT2D eigenvalue weighted by Gasteiger charge is 2.19. The molecule has 106 valence electrons. The topological polar surface area (TPSA) is 49.5 Å². The summed E-state index contributed by atoms with van der Waals surface area (Å²) in [5.41, 5.74) is 9.75. The number of rotatable bonds is 5. The van der Waals surface area contributed by atoms with Gasteiger partial charge in [0.05, 0.1) is 6.61 Å². The van der Waals surface area contributed by atoms with Gasteiger partial charge in [-0.15, -0.1) is 0 Å². The van der Waals surface area contributed by atoms with Crippen molar-refractivity contribution in [2.24, 2.45) is 5.73 Å². The van der Waals surface area contributed by atoms with Crippen molar-refractivity contribution in [2.45, 2.75) is 45.1 Å². The van der Waals surface area contributed by atoms with Crippen LogP contribution in [0.15, 0.2) is 18.2 Å². The molecule has 19 heavy (non-hydrogen) atoms. The molecular formula is C16H26N2O. The first-order chi connectivity index (χ1) is 9.02. The van der Waals surface area contributed by atoms with Crippen molar-refractivity contribution in [3.8, 4) is 0 Å². The van der Waals surface area contributed by atoms with Crippen molar-refractivity contribution >= 4 is 5.69 Å². The van der Waals surface area contributed by atoms with Crippen LogP contribution in [0.4, 0.5) is 5.69 Å². The van der Waals surface area contributed by atoms with E-state index < -0.39 is 5.54 Å². The molecule has 0 saturated heterocycles. The summed E-state index contributed by atoms with van der Waals surface area (Å²) in [5.74, 6) is 0. The van der Waals surface area contributed by atoms with Gasteiger partial charge in [-0.05, 0) is 51.2 Å². The lowest BCUT2D eigenvalue weighted by atomic mass is 9.96.